The Bertz CT molecular complexity index is 972. The van der Waals surface area contributed by atoms with Crippen molar-refractivity contribution in [2.24, 2.45) is 5.14 Å². The van der Waals surface area contributed by atoms with E-state index in [9.17, 15) is 18.0 Å². The highest BCUT2D eigenvalue weighted by Crippen LogP contribution is 2.17. The van der Waals surface area contributed by atoms with Crippen molar-refractivity contribution >= 4 is 10.0 Å². The molecule has 0 bridgehead atoms. The van der Waals surface area contributed by atoms with Gasteiger partial charge in [-0.3, -0.25) is 14.3 Å². The summed E-state index contributed by atoms with van der Waals surface area (Å²) in [6.45, 7) is 0.437. The van der Waals surface area contributed by atoms with E-state index in [0.717, 1.165) is 30.5 Å². The molecule has 0 amide bonds. The number of aromatic nitrogens is 2. The van der Waals surface area contributed by atoms with E-state index in [4.69, 9.17) is 5.14 Å². The molecule has 7 nitrogen and oxygen atoms in total. The van der Waals surface area contributed by atoms with Gasteiger partial charge in [0.25, 0.3) is 5.56 Å². The molecular weight excluding hydrogens is 330 g/mol. The van der Waals surface area contributed by atoms with Crippen molar-refractivity contribution < 1.29 is 8.42 Å². The second kappa shape index (κ2) is 6.37. The van der Waals surface area contributed by atoms with Crippen LogP contribution in [0.3, 0.4) is 0 Å². The zero-order valence-electron chi connectivity index (χ0n) is 13.1. The van der Waals surface area contributed by atoms with Crippen molar-refractivity contribution in [3.8, 4) is 0 Å². The highest BCUT2D eigenvalue weighted by molar-refractivity contribution is 7.89. The average molecular weight is 349 g/mol. The third kappa shape index (κ3) is 3.34. The van der Waals surface area contributed by atoms with Gasteiger partial charge in [0.15, 0.2) is 0 Å². The predicted molar refractivity (Wildman–Crippen MR) is 89.5 cm³/mol. The van der Waals surface area contributed by atoms with Crippen LogP contribution < -0.4 is 16.4 Å². The maximum atomic E-state index is 12.1. The van der Waals surface area contributed by atoms with Crippen LogP contribution in [0.2, 0.25) is 0 Å². The quantitative estimate of drug-likeness (QED) is 0.826. The van der Waals surface area contributed by atoms with Crippen LogP contribution in [0.5, 0.6) is 0 Å². The smallest absolute Gasteiger partial charge is 0.297 e. The van der Waals surface area contributed by atoms with Crippen molar-refractivity contribution in [1.29, 1.82) is 0 Å². The fraction of sp³-hybridized carbons (Fsp3) is 0.375. The highest BCUT2D eigenvalue weighted by atomic mass is 32.2. The van der Waals surface area contributed by atoms with Gasteiger partial charge in [0.2, 0.25) is 10.0 Å². The molecule has 8 heteroatoms. The number of H-pyrrole nitrogens is 1. The van der Waals surface area contributed by atoms with Crippen LogP contribution in [0.15, 0.2) is 38.8 Å². The molecule has 0 saturated heterocycles. The van der Waals surface area contributed by atoms with E-state index in [1.165, 1.54) is 12.1 Å². The second-order valence-corrected chi connectivity index (χ2v) is 7.54. The van der Waals surface area contributed by atoms with E-state index < -0.39 is 10.0 Å². The van der Waals surface area contributed by atoms with E-state index in [1.54, 1.807) is 16.7 Å². The summed E-state index contributed by atoms with van der Waals surface area (Å²) in [6, 6.07) is 6.28. The molecule has 24 heavy (non-hydrogen) atoms. The number of nitrogens with two attached hydrogens (primary N) is 1. The van der Waals surface area contributed by atoms with Crippen LogP contribution in [-0.2, 0) is 35.8 Å². The molecule has 0 unspecified atom stereocenters. The summed E-state index contributed by atoms with van der Waals surface area (Å²) in [5.74, 6) is 0. The Kier molecular flexibility index (Phi) is 4.42. The van der Waals surface area contributed by atoms with Gasteiger partial charge in [0.05, 0.1) is 4.90 Å². The van der Waals surface area contributed by atoms with Crippen LogP contribution in [0.1, 0.15) is 29.7 Å². The number of hydrogen-bond donors (Lipinski definition) is 2. The van der Waals surface area contributed by atoms with Crippen molar-refractivity contribution in [2.45, 2.75) is 43.5 Å². The molecule has 2 aromatic rings. The minimum atomic E-state index is -3.71. The zero-order valence-corrected chi connectivity index (χ0v) is 13.9. The topological polar surface area (TPSA) is 115 Å². The van der Waals surface area contributed by atoms with E-state index >= 15 is 0 Å². The van der Waals surface area contributed by atoms with E-state index in [1.807, 2.05) is 0 Å². The molecule has 1 aliphatic rings. The molecular formula is C16H19N3O4S. The first-order valence-electron chi connectivity index (χ1n) is 7.83. The van der Waals surface area contributed by atoms with Gasteiger partial charge >= 0.3 is 5.69 Å². The van der Waals surface area contributed by atoms with Crippen molar-refractivity contribution in [3.63, 3.8) is 0 Å². The molecule has 1 aromatic carbocycles. The number of nitrogens with one attached hydrogen (secondary N) is 1. The lowest BCUT2D eigenvalue weighted by atomic mass is 9.96. The Hall–Kier alpha value is -2.19. The lowest BCUT2D eigenvalue weighted by Crippen LogP contribution is -2.37. The summed E-state index contributed by atoms with van der Waals surface area (Å²) in [5.41, 5.74) is 1.77. The normalized spacial score (nSPS) is 14.4. The number of rotatable bonds is 4. The van der Waals surface area contributed by atoms with Crippen LogP contribution in [0.4, 0.5) is 0 Å². The SMILES string of the molecule is NS(=O)(=O)c1ccc(CCn2c3c(c(=O)[nH]c2=O)CCCC3)cc1. The standard InChI is InChI=1S/C16H19N3O4S/c17-24(22,23)12-7-5-11(6-8-12)9-10-19-14-4-2-1-3-13(14)15(20)18-16(19)21/h5-8H,1-4,9-10H2,(H2,17,22,23)(H,18,20,21). The van der Waals surface area contributed by atoms with E-state index in [-0.39, 0.29) is 16.1 Å². The molecule has 128 valence electrons. The summed E-state index contributed by atoms with van der Waals surface area (Å²) in [6.07, 6.45) is 3.93. The Labute approximate surface area is 139 Å². The molecule has 1 heterocycles. The number of benzene rings is 1. The van der Waals surface area contributed by atoms with E-state index in [2.05, 4.69) is 4.98 Å². The third-order valence-electron chi connectivity index (χ3n) is 4.38. The maximum absolute atomic E-state index is 12.1. The first kappa shape index (κ1) is 16.7. The molecule has 1 aliphatic carbocycles. The number of nitrogens with zero attached hydrogens (tertiary/aromatic N) is 1. The van der Waals surface area contributed by atoms with Gasteiger partial charge in [-0.2, -0.15) is 0 Å². The molecule has 0 fully saturated rings. The third-order valence-corrected chi connectivity index (χ3v) is 5.31. The Morgan fingerprint density at radius 2 is 1.75 bits per heavy atom. The number of aryl methyl sites for hydroxylation is 1. The minimum Gasteiger partial charge on any atom is -0.297 e. The van der Waals surface area contributed by atoms with Gasteiger partial charge in [-0.05, 0) is 49.8 Å². The summed E-state index contributed by atoms with van der Waals surface area (Å²) in [7, 11) is -3.71. The number of primary sulfonamides is 1. The summed E-state index contributed by atoms with van der Waals surface area (Å²) < 4.78 is 24.1. The molecule has 0 aliphatic heterocycles. The number of hydrogen-bond acceptors (Lipinski definition) is 4. The van der Waals surface area contributed by atoms with Gasteiger partial charge in [-0.25, -0.2) is 18.4 Å². The lowest BCUT2D eigenvalue weighted by molar-refractivity contribution is 0.552. The summed E-state index contributed by atoms with van der Waals surface area (Å²) in [5, 5.41) is 5.08. The monoisotopic (exact) mass is 349 g/mol. The van der Waals surface area contributed by atoms with Crippen LogP contribution in [-0.4, -0.2) is 18.0 Å². The van der Waals surface area contributed by atoms with E-state index in [0.29, 0.717) is 24.9 Å². The number of aromatic amines is 1. The van der Waals surface area contributed by atoms with Crippen LogP contribution >= 0.6 is 0 Å². The highest BCUT2D eigenvalue weighted by Gasteiger charge is 2.18. The molecule has 0 radical (unpaired) electrons. The van der Waals surface area contributed by atoms with Crippen molar-refractivity contribution in [2.75, 3.05) is 0 Å². The molecule has 3 rings (SSSR count). The Morgan fingerprint density at radius 1 is 1.08 bits per heavy atom. The molecule has 0 spiro atoms. The molecule has 3 N–H and O–H groups in total. The van der Waals surface area contributed by atoms with Crippen LogP contribution in [0.25, 0.3) is 0 Å². The van der Waals surface area contributed by atoms with Crippen LogP contribution in [0, 0.1) is 0 Å². The zero-order chi connectivity index (χ0) is 17.3. The van der Waals surface area contributed by atoms with Crippen molar-refractivity contribution in [3.05, 3.63) is 61.9 Å². The molecule has 0 saturated carbocycles. The predicted octanol–water partition coefficient (Wildman–Crippen LogP) is 0.305. The number of sulfonamides is 1. The maximum Gasteiger partial charge on any atom is 0.328 e. The molecule has 1 aromatic heterocycles. The Morgan fingerprint density at radius 3 is 2.42 bits per heavy atom. The molecule has 0 atom stereocenters. The summed E-state index contributed by atoms with van der Waals surface area (Å²) >= 11 is 0. The first-order valence-corrected chi connectivity index (χ1v) is 9.37. The first-order chi connectivity index (χ1) is 11.4. The second-order valence-electron chi connectivity index (χ2n) is 5.98. The van der Waals surface area contributed by atoms with Gasteiger partial charge in [0, 0.05) is 17.8 Å². The van der Waals surface area contributed by atoms with Gasteiger partial charge < -0.3 is 0 Å². The Balaban J connectivity index is 1.85. The van der Waals surface area contributed by atoms with Gasteiger partial charge in [0.1, 0.15) is 0 Å². The fourth-order valence-electron chi connectivity index (χ4n) is 3.12. The lowest BCUT2D eigenvalue weighted by Gasteiger charge is -2.19. The largest absolute Gasteiger partial charge is 0.328 e. The number of fused-ring (bicyclic) bond motifs is 1. The minimum absolute atomic E-state index is 0.0600. The average Bonchev–Trinajstić information content (AvgIpc) is 2.54. The van der Waals surface area contributed by atoms with Gasteiger partial charge in [-0.1, -0.05) is 12.1 Å². The fourth-order valence-corrected chi connectivity index (χ4v) is 3.63. The van der Waals surface area contributed by atoms with Crippen molar-refractivity contribution in [1.82, 2.24) is 9.55 Å². The summed E-state index contributed by atoms with van der Waals surface area (Å²) in [4.78, 5) is 26.5. The van der Waals surface area contributed by atoms with Gasteiger partial charge in [-0.15, -0.1) is 0 Å².